The zero-order valence-corrected chi connectivity index (χ0v) is 33.7. The summed E-state index contributed by atoms with van der Waals surface area (Å²) >= 11 is 0. The van der Waals surface area contributed by atoms with Crippen LogP contribution >= 0.6 is 0 Å². The van der Waals surface area contributed by atoms with Crippen LogP contribution in [0, 0.1) is 0 Å². The van der Waals surface area contributed by atoms with Gasteiger partial charge in [0, 0.05) is 0 Å². The Morgan fingerprint density at radius 3 is 0.525 bits per heavy atom. The van der Waals surface area contributed by atoms with Crippen molar-refractivity contribution in [3.05, 3.63) is 0 Å². The second-order valence-corrected chi connectivity index (χ2v) is 31.6. The second kappa shape index (κ2) is 19.3. The lowest BCUT2D eigenvalue weighted by Crippen LogP contribution is -2.69. The van der Waals surface area contributed by atoms with Gasteiger partial charge in [0.2, 0.25) is 0 Å². The zero-order valence-electron chi connectivity index (χ0n) is 28.7. The molecule has 0 aromatic carbocycles. The van der Waals surface area contributed by atoms with Crippen molar-refractivity contribution in [2.75, 3.05) is 0 Å². The van der Waals surface area contributed by atoms with E-state index in [0.717, 1.165) is 60.4 Å². The molecule has 0 aromatic heterocycles. The highest BCUT2D eigenvalue weighted by molar-refractivity contribution is 6.95. The standard InChI is InChI=1S/C30H70O5Si5/c1-11-21-26-36(16-6)31-37(17-7,27-22-12-2)33-39(19-9,29-24-14-4)35-40(20-10,30-25-15-5)34-38(18-8,32-36)28-23-13-3/h11-30H2,1-10H3. The minimum Gasteiger partial charge on any atom is -0.415 e. The zero-order chi connectivity index (χ0) is 30.2. The molecule has 1 rings (SSSR count). The van der Waals surface area contributed by atoms with Crippen LogP contribution in [0.15, 0.2) is 0 Å². The van der Waals surface area contributed by atoms with E-state index in [-0.39, 0.29) is 0 Å². The van der Waals surface area contributed by atoms with Gasteiger partial charge in [-0.2, -0.15) is 0 Å². The maximum atomic E-state index is 7.72. The molecule has 240 valence electrons. The van der Waals surface area contributed by atoms with Crippen molar-refractivity contribution in [2.24, 2.45) is 0 Å². The fourth-order valence-corrected chi connectivity index (χ4v) is 38.5. The Morgan fingerprint density at radius 2 is 0.425 bits per heavy atom. The number of hydrogen-bond acceptors (Lipinski definition) is 5. The summed E-state index contributed by atoms with van der Waals surface area (Å²) in [5.41, 5.74) is 0. The van der Waals surface area contributed by atoms with E-state index in [4.69, 9.17) is 20.6 Å². The van der Waals surface area contributed by atoms with E-state index < -0.39 is 42.8 Å². The van der Waals surface area contributed by atoms with Crippen LogP contribution in [-0.2, 0) is 20.6 Å². The third-order valence-corrected chi connectivity index (χ3v) is 35.0. The monoisotopic (exact) mass is 650 g/mol. The van der Waals surface area contributed by atoms with Crippen molar-refractivity contribution in [1.29, 1.82) is 0 Å². The first kappa shape index (κ1) is 38.9. The van der Waals surface area contributed by atoms with Crippen molar-refractivity contribution in [2.45, 2.75) is 194 Å². The molecule has 0 radical (unpaired) electrons. The molecular weight excluding hydrogens is 581 g/mol. The molecule has 0 spiro atoms. The molecule has 1 fully saturated rings. The molecule has 0 atom stereocenters. The maximum Gasteiger partial charge on any atom is 0.320 e. The molecule has 0 bridgehead atoms. The van der Waals surface area contributed by atoms with Crippen LogP contribution in [-0.4, -0.2) is 42.8 Å². The van der Waals surface area contributed by atoms with Gasteiger partial charge in [0.05, 0.1) is 0 Å². The number of hydrogen-bond donors (Lipinski definition) is 0. The van der Waals surface area contributed by atoms with E-state index in [2.05, 4.69) is 69.2 Å². The highest BCUT2D eigenvalue weighted by atomic mass is 28.5. The van der Waals surface area contributed by atoms with Crippen LogP contribution in [0.3, 0.4) is 0 Å². The van der Waals surface area contributed by atoms with Crippen LogP contribution in [0.1, 0.15) is 133 Å². The topological polar surface area (TPSA) is 46.2 Å². The van der Waals surface area contributed by atoms with Crippen LogP contribution < -0.4 is 0 Å². The highest BCUT2D eigenvalue weighted by Crippen LogP contribution is 2.44. The fraction of sp³-hybridized carbons (Fsp3) is 1.00. The minimum absolute atomic E-state index is 0.994. The first-order chi connectivity index (χ1) is 19.1. The average molecular weight is 651 g/mol. The quantitative estimate of drug-likeness (QED) is 0.123. The summed E-state index contributed by atoms with van der Waals surface area (Å²) in [7, 11) is -12.9. The molecule has 0 aromatic rings. The Balaban J connectivity index is 4.03. The maximum absolute atomic E-state index is 7.72. The smallest absolute Gasteiger partial charge is 0.320 e. The molecule has 0 amide bonds. The van der Waals surface area contributed by atoms with Crippen molar-refractivity contribution in [3.8, 4) is 0 Å². The van der Waals surface area contributed by atoms with Gasteiger partial charge in [-0.05, 0) is 60.4 Å². The molecular formula is C30H70O5Si5. The SMILES string of the molecule is CCCC[Si]1(CC)O[Si](CC)(CCCC)O[Si](CC)(CCCC)O[Si](CC)(CCCC)O[Si](CC)(CCCC)O1. The van der Waals surface area contributed by atoms with Gasteiger partial charge in [-0.1, -0.05) is 133 Å². The van der Waals surface area contributed by atoms with E-state index in [9.17, 15) is 0 Å². The van der Waals surface area contributed by atoms with Crippen molar-refractivity contribution >= 4 is 42.8 Å². The lowest BCUT2D eigenvalue weighted by molar-refractivity contribution is 0.208. The summed E-state index contributed by atoms with van der Waals surface area (Å²) in [4.78, 5) is 0. The second-order valence-electron chi connectivity index (χ2n) is 12.3. The summed E-state index contributed by atoms with van der Waals surface area (Å²) in [6.07, 6.45) is 11.7. The summed E-state index contributed by atoms with van der Waals surface area (Å²) in [6.45, 7) is 23.3. The molecule has 0 aliphatic carbocycles. The predicted octanol–water partition coefficient (Wildman–Crippen LogP) is 11.4. The Morgan fingerprint density at radius 1 is 0.275 bits per heavy atom. The lowest BCUT2D eigenvalue weighted by Gasteiger charge is -2.53. The molecule has 0 unspecified atom stereocenters. The third kappa shape index (κ3) is 11.1. The lowest BCUT2D eigenvalue weighted by atomic mass is 10.4. The largest absolute Gasteiger partial charge is 0.415 e. The van der Waals surface area contributed by atoms with E-state index in [1.165, 1.54) is 64.2 Å². The molecule has 1 aliphatic rings. The molecule has 0 N–H and O–H groups in total. The van der Waals surface area contributed by atoms with Gasteiger partial charge in [0.1, 0.15) is 0 Å². The normalized spacial score (nSPS) is 33.8. The first-order valence-corrected chi connectivity index (χ1v) is 28.8. The molecule has 1 saturated heterocycles. The molecule has 1 heterocycles. The number of unbranched alkanes of at least 4 members (excludes halogenated alkanes) is 5. The third-order valence-electron chi connectivity index (χ3n) is 9.11. The van der Waals surface area contributed by atoms with Crippen molar-refractivity contribution in [1.82, 2.24) is 0 Å². The van der Waals surface area contributed by atoms with E-state index >= 15 is 0 Å². The summed E-state index contributed by atoms with van der Waals surface area (Å²) in [5, 5.41) is 0. The highest BCUT2D eigenvalue weighted by Gasteiger charge is 2.60. The molecule has 0 saturated carbocycles. The van der Waals surface area contributed by atoms with Crippen LogP contribution in [0.2, 0.25) is 60.4 Å². The van der Waals surface area contributed by atoms with Gasteiger partial charge in [-0.15, -0.1) is 0 Å². The van der Waals surface area contributed by atoms with E-state index in [1.807, 2.05) is 0 Å². The van der Waals surface area contributed by atoms with Gasteiger partial charge in [-0.25, -0.2) is 0 Å². The summed E-state index contributed by atoms with van der Waals surface area (Å²) < 4.78 is 38.6. The fourth-order valence-electron chi connectivity index (χ4n) is 6.15. The van der Waals surface area contributed by atoms with Gasteiger partial charge in [-0.3, -0.25) is 0 Å². The Kier molecular flexibility index (Phi) is 18.8. The van der Waals surface area contributed by atoms with E-state index in [0.29, 0.717) is 0 Å². The Bertz CT molecular complexity index is 531. The number of rotatable bonds is 20. The predicted molar refractivity (Wildman–Crippen MR) is 185 cm³/mol. The molecule has 5 nitrogen and oxygen atoms in total. The van der Waals surface area contributed by atoms with Crippen LogP contribution in [0.5, 0.6) is 0 Å². The summed E-state index contributed by atoms with van der Waals surface area (Å²) in [5.74, 6) is 0. The molecule has 1 aliphatic heterocycles. The van der Waals surface area contributed by atoms with Gasteiger partial charge in [0.15, 0.2) is 0 Å². The summed E-state index contributed by atoms with van der Waals surface area (Å²) in [6, 6.07) is 10.3. The minimum atomic E-state index is -2.58. The van der Waals surface area contributed by atoms with E-state index in [1.54, 1.807) is 0 Å². The van der Waals surface area contributed by atoms with Crippen molar-refractivity contribution in [3.63, 3.8) is 0 Å². The average Bonchev–Trinajstić information content (AvgIpc) is 2.98. The van der Waals surface area contributed by atoms with Gasteiger partial charge >= 0.3 is 42.8 Å². The van der Waals surface area contributed by atoms with Crippen LogP contribution in [0.25, 0.3) is 0 Å². The molecule has 40 heavy (non-hydrogen) atoms. The Labute approximate surface area is 256 Å². The van der Waals surface area contributed by atoms with Crippen LogP contribution in [0.4, 0.5) is 0 Å². The first-order valence-electron chi connectivity index (χ1n) is 17.6. The van der Waals surface area contributed by atoms with Gasteiger partial charge in [0.25, 0.3) is 0 Å². The Hall–Kier alpha value is 0.884. The van der Waals surface area contributed by atoms with Crippen molar-refractivity contribution < 1.29 is 20.6 Å². The van der Waals surface area contributed by atoms with Gasteiger partial charge < -0.3 is 20.6 Å². The molecule has 10 heteroatoms.